The molecule has 10 nitrogen and oxygen atoms in total. The molecule has 3 aromatic carbocycles. The summed E-state index contributed by atoms with van der Waals surface area (Å²) in [5, 5.41) is 1.36. The first-order valence-corrected chi connectivity index (χ1v) is 14.7. The molecule has 6 atom stereocenters. The van der Waals surface area contributed by atoms with Crippen LogP contribution in [0.3, 0.4) is 0 Å². The first kappa shape index (κ1) is 30.4. The minimum atomic E-state index is -1.00. The Morgan fingerprint density at radius 2 is 1.30 bits per heavy atom. The molecule has 3 aromatic rings. The summed E-state index contributed by atoms with van der Waals surface area (Å²) in [6.45, 7) is 3.75. The van der Waals surface area contributed by atoms with Crippen molar-refractivity contribution < 1.29 is 42.8 Å². The molecule has 10 heteroatoms. The van der Waals surface area contributed by atoms with Crippen LogP contribution in [0.5, 0.6) is 0 Å². The Bertz CT molecular complexity index is 1340. The van der Waals surface area contributed by atoms with Gasteiger partial charge in [0.1, 0.15) is 30.0 Å². The van der Waals surface area contributed by atoms with Crippen LogP contribution in [-0.2, 0) is 48.4 Å². The number of esters is 2. The topological polar surface area (TPSA) is 102 Å². The summed E-state index contributed by atoms with van der Waals surface area (Å²) in [6, 6.07) is 29.2. The van der Waals surface area contributed by atoms with Crippen LogP contribution in [-0.4, -0.2) is 80.3 Å². The van der Waals surface area contributed by atoms with Crippen LogP contribution in [0.4, 0.5) is 0 Å². The SMILES string of the molecule is COC(=O)C1CC(C(=O)OC)N(C2OC(COC(c3ccccc3)(c3ccccc3)c3ccccc3)C3OC(C)(C)OC32)O1. The summed E-state index contributed by atoms with van der Waals surface area (Å²) >= 11 is 0. The van der Waals surface area contributed by atoms with E-state index in [1.54, 1.807) is 0 Å². The quantitative estimate of drug-likeness (QED) is 0.264. The van der Waals surface area contributed by atoms with Crippen molar-refractivity contribution in [2.45, 2.75) is 68.3 Å². The zero-order chi connectivity index (χ0) is 30.9. The fourth-order valence-electron chi connectivity index (χ4n) is 6.39. The van der Waals surface area contributed by atoms with Crippen LogP contribution in [0.25, 0.3) is 0 Å². The van der Waals surface area contributed by atoms with Gasteiger partial charge in [0.05, 0.1) is 20.8 Å². The van der Waals surface area contributed by atoms with Crippen LogP contribution >= 0.6 is 0 Å². The van der Waals surface area contributed by atoms with Gasteiger partial charge in [-0.3, -0.25) is 9.63 Å². The van der Waals surface area contributed by atoms with Crippen molar-refractivity contribution in [1.82, 2.24) is 5.06 Å². The van der Waals surface area contributed by atoms with Gasteiger partial charge in [-0.05, 0) is 30.5 Å². The van der Waals surface area contributed by atoms with Gasteiger partial charge in [0, 0.05) is 6.42 Å². The lowest BCUT2D eigenvalue weighted by Gasteiger charge is -2.37. The lowest BCUT2D eigenvalue weighted by atomic mass is 9.80. The van der Waals surface area contributed by atoms with Crippen LogP contribution in [0.1, 0.15) is 37.0 Å². The highest BCUT2D eigenvalue weighted by Crippen LogP contribution is 2.45. The monoisotopic (exact) mass is 603 g/mol. The number of fused-ring (bicyclic) bond motifs is 1. The number of rotatable bonds is 9. The highest BCUT2D eigenvalue weighted by Gasteiger charge is 2.61. The Morgan fingerprint density at radius 1 is 0.795 bits per heavy atom. The van der Waals surface area contributed by atoms with E-state index in [1.807, 2.05) is 105 Å². The predicted molar refractivity (Wildman–Crippen MR) is 157 cm³/mol. The average molecular weight is 604 g/mol. The van der Waals surface area contributed by atoms with E-state index in [4.69, 9.17) is 33.3 Å². The maximum Gasteiger partial charge on any atom is 0.337 e. The summed E-state index contributed by atoms with van der Waals surface area (Å²) in [7, 11) is 2.56. The molecule has 0 aromatic heterocycles. The minimum Gasteiger partial charge on any atom is -0.468 e. The highest BCUT2D eigenvalue weighted by molar-refractivity contribution is 5.80. The number of ether oxygens (including phenoxy) is 6. The van der Waals surface area contributed by atoms with Crippen molar-refractivity contribution in [3.8, 4) is 0 Å². The molecule has 3 aliphatic heterocycles. The third-order valence-corrected chi connectivity index (χ3v) is 8.31. The predicted octanol–water partition coefficient (Wildman–Crippen LogP) is 3.96. The number of hydrogen-bond acceptors (Lipinski definition) is 10. The van der Waals surface area contributed by atoms with Gasteiger partial charge in [-0.1, -0.05) is 91.0 Å². The molecule has 0 radical (unpaired) electrons. The zero-order valence-corrected chi connectivity index (χ0v) is 25.2. The van der Waals surface area contributed by atoms with E-state index in [-0.39, 0.29) is 13.0 Å². The summed E-state index contributed by atoms with van der Waals surface area (Å²) in [5.74, 6) is -2.10. The van der Waals surface area contributed by atoms with E-state index >= 15 is 0 Å². The summed E-state index contributed by atoms with van der Waals surface area (Å²) in [4.78, 5) is 31.2. The Labute approximate surface area is 256 Å². The van der Waals surface area contributed by atoms with E-state index in [0.29, 0.717) is 0 Å². The van der Waals surface area contributed by atoms with Crippen molar-refractivity contribution >= 4 is 11.9 Å². The Morgan fingerprint density at radius 3 is 1.80 bits per heavy atom. The molecule has 3 saturated heterocycles. The lowest BCUT2D eigenvalue weighted by Crippen LogP contribution is -2.49. The van der Waals surface area contributed by atoms with Crippen LogP contribution in [0, 0.1) is 0 Å². The van der Waals surface area contributed by atoms with Gasteiger partial charge in [-0.15, -0.1) is 5.06 Å². The van der Waals surface area contributed by atoms with Crippen LogP contribution < -0.4 is 0 Å². The molecule has 6 rings (SSSR count). The molecule has 44 heavy (non-hydrogen) atoms. The molecule has 3 fully saturated rings. The second-order valence-electron chi connectivity index (χ2n) is 11.5. The molecule has 232 valence electrons. The van der Waals surface area contributed by atoms with Gasteiger partial charge in [0.25, 0.3) is 0 Å². The van der Waals surface area contributed by atoms with Crippen molar-refractivity contribution in [2.75, 3.05) is 20.8 Å². The number of nitrogens with zero attached hydrogens (tertiary/aromatic N) is 1. The molecular weight excluding hydrogens is 566 g/mol. The number of hydroxylamine groups is 2. The molecule has 3 aliphatic rings. The molecule has 0 amide bonds. The van der Waals surface area contributed by atoms with E-state index in [1.165, 1.54) is 19.3 Å². The van der Waals surface area contributed by atoms with Crippen molar-refractivity contribution in [3.63, 3.8) is 0 Å². The maximum atomic E-state index is 12.8. The fraction of sp³-hybridized carbons (Fsp3) is 0.412. The largest absolute Gasteiger partial charge is 0.468 e. The standard InChI is InChI=1S/C34H37NO9/c1-33(2)42-28-27(41-30(29(28)43-33)35-25(31(36)38-3)20-26(44-35)32(37)39-4)21-40-34(22-14-8-5-9-15-22,23-16-10-6-11-17-23)24-18-12-7-13-19-24/h5-19,25-30H,20-21H2,1-4H3. The smallest absolute Gasteiger partial charge is 0.337 e. The van der Waals surface area contributed by atoms with Crippen LogP contribution in [0.2, 0.25) is 0 Å². The lowest BCUT2D eigenvalue weighted by molar-refractivity contribution is -0.287. The summed E-state index contributed by atoms with van der Waals surface area (Å²) < 4.78 is 36.2. The van der Waals surface area contributed by atoms with E-state index < -0.39 is 60.0 Å². The zero-order valence-electron chi connectivity index (χ0n) is 25.2. The highest BCUT2D eigenvalue weighted by atomic mass is 16.8. The molecule has 3 heterocycles. The van der Waals surface area contributed by atoms with Gasteiger partial charge in [0.2, 0.25) is 0 Å². The number of hydrogen-bond donors (Lipinski definition) is 0. The summed E-state index contributed by atoms with van der Waals surface area (Å²) in [6.07, 6.45) is -3.69. The second kappa shape index (κ2) is 12.4. The molecule has 0 spiro atoms. The summed E-state index contributed by atoms with van der Waals surface area (Å²) in [5.41, 5.74) is 1.86. The first-order chi connectivity index (χ1) is 21.3. The van der Waals surface area contributed by atoms with Gasteiger partial charge in [0.15, 0.2) is 18.1 Å². The molecule has 6 unspecified atom stereocenters. The first-order valence-electron chi connectivity index (χ1n) is 14.7. The number of carbonyl (C=O) groups is 2. The minimum absolute atomic E-state index is 0.0428. The number of methoxy groups -OCH3 is 2. The molecule has 0 bridgehead atoms. The van der Waals surface area contributed by atoms with Gasteiger partial charge < -0.3 is 28.4 Å². The molecule has 0 aliphatic carbocycles. The maximum absolute atomic E-state index is 12.8. The van der Waals surface area contributed by atoms with E-state index in [9.17, 15) is 9.59 Å². The van der Waals surface area contributed by atoms with E-state index in [0.717, 1.165) is 16.7 Å². The van der Waals surface area contributed by atoms with Crippen molar-refractivity contribution in [3.05, 3.63) is 108 Å². The normalized spacial score (nSPS) is 28.0. The van der Waals surface area contributed by atoms with Gasteiger partial charge in [-0.25, -0.2) is 4.79 Å². The van der Waals surface area contributed by atoms with Crippen molar-refractivity contribution in [1.29, 1.82) is 0 Å². The molecule has 0 saturated carbocycles. The molecular formula is C34H37NO9. The third kappa shape index (κ3) is 5.53. The van der Waals surface area contributed by atoms with E-state index in [2.05, 4.69) is 0 Å². The number of carbonyl (C=O) groups excluding carboxylic acids is 2. The molecule has 0 N–H and O–H groups in total. The fourth-order valence-corrected chi connectivity index (χ4v) is 6.39. The van der Waals surface area contributed by atoms with Crippen LogP contribution in [0.15, 0.2) is 91.0 Å². The Balaban J connectivity index is 1.35. The van der Waals surface area contributed by atoms with Gasteiger partial charge >= 0.3 is 11.9 Å². The number of benzene rings is 3. The Kier molecular flexibility index (Phi) is 8.56. The second-order valence-corrected chi connectivity index (χ2v) is 11.5. The Hall–Kier alpha value is -3.64. The third-order valence-electron chi connectivity index (χ3n) is 8.31. The van der Waals surface area contributed by atoms with Crippen molar-refractivity contribution in [2.24, 2.45) is 0 Å². The van der Waals surface area contributed by atoms with Gasteiger partial charge in [-0.2, -0.15) is 0 Å². The average Bonchev–Trinajstić information content (AvgIpc) is 3.73.